The second-order valence-electron chi connectivity index (χ2n) is 5.48. The topological polar surface area (TPSA) is 78.5 Å². The molecule has 0 saturated heterocycles. The Labute approximate surface area is 125 Å². The average molecular weight is 311 g/mol. The van der Waals surface area contributed by atoms with Gasteiger partial charge in [-0.15, -0.1) is 0 Å². The normalized spacial score (nSPS) is 15.2. The van der Waals surface area contributed by atoms with Crippen molar-refractivity contribution in [2.75, 3.05) is 27.2 Å². The van der Waals surface area contributed by atoms with E-state index in [0.29, 0.717) is 12.1 Å². The molecule has 1 aliphatic rings. The largest absolute Gasteiger partial charge is 0.351 e. The number of sulfonamides is 1. The lowest BCUT2D eigenvalue weighted by Crippen LogP contribution is -2.31. The Bertz CT molecular complexity index is 610. The molecule has 0 heterocycles. The summed E-state index contributed by atoms with van der Waals surface area (Å²) in [6, 6.07) is 6.16. The highest BCUT2D eigenvalue weighted by atomic mass is 32.2. The lowest BCUT2D eigenvalue weighted by molar-refractivity contribution is 0.0951. The molecule has 0 unspecified atom stereocenters. The third kappa shape index (κ3) is 4.80. The van der Waals surface area contributed by atoms with E-state index in [9.17, 15) is 13.2 Å². The predicted octanol–water partition coefficient (Wildman–Crippen LogP) is 0.419. The third-order valence-electron chi connectivity index (χ3n) is 3.15. The fourth-order valence-electron chi connectivity index (χ4n) is 1.79. The first-order valence-corrected chi connectivity index (χ1v) is 8.42. The van der Waals surface area contributed by atoms with E-state index in [-0.39, 0.29) is 16.8 Å². The van der Waals surface area contributed by atoms with Gasteiger partial charge in [0.1, 0.15) is 0 Å². The van der Waals surface area contributed by atoms with E-state index in [1.165, 1.54) is 12.1 Å². The Morgan fingerprint density at radius 2 is 2.05 bits per heavy atom. The van der Waals surface area contributed by atoms with E-state index in [1.54, 1.807) is 12.1 Å². The van der Waals surface area contributed by atoms with E-state index in [2.05, 4.69) is 10.0 Å². The fraction of sp³-hybridized carbons (Fsp3) is 0.500. The van der Waals surface area contributed by atoms with Gasteiger partial charge in [-0.25, -0.2) is 13.1 Å². The molecule has 0 spiro atoms. The zero-order valence-corrected chi connectivity index (χ0v) is 13.1. The maximum Gasteiger partial charge on any atom is 0.251 e. The third-order valence-corrected chi connectivity index (χ3v) is 4.67. The minimum atomic E-state index is -3.53. The van der Waals surface area contributed by atoms with Gasteiger partial charge in [-0.1, -0.05) is 6.07 Å². The first-order chi connectivity index (χ1) is 9.88. The SMILES string of the molecule is CN(C)CCNC(=O)c1cccc(S(=O)(=O)NC2CC2)c1. The number of amides is 1. The van der Waals surface area contributed by atoms with Crippen LogP contribution in [-0.4, -0.2) is 52.5 Å². The molecule has 0 aliphatic heterocycles. The summed E-state index contributed by atoms with van der Waals surface area (Å²) in [6.07, 6.45) is 1.76. The van der Waals surface area contributed by atoms with Crippen molar-refractivity contribution in [2.45, 2.75) is 23.8 Å². The molecule has 7 heteroatoms. The zero-order valence-electron chi connectivity index (χ0n) is 12.3. The fourth-order valence-corrected chi connectivity index (χ4v) is 3.14. The molecule has 116 valence electrons. The molecule has 21 heavy (non-hydrogen) atoms. The molecule has 0 atom stereocenters. The summed E-state index contributed by atoms with van der Waals surface area (Å²) in [5.74, 6) is -0.264. The number of nitrogens with one attached hydrogen (secondary N) is 2. The van der Waals surface area contributed by atoms with Gasteiger partial charge < -0.3 is 10.2 Å². The first-order valence-electron chi connectivity index (χ1n) is 6.94. The summed E-state index contributed by atoms with van der Waals surface area (Å²) in [7, 11) is 0.314. The second-order valence-corrected chi connectivity index (χ2v) is 7.20. The molecule has 1 aromatic carbocycles. The average Bonchev–Trinajstić information content (AvgIpc) is 3.21. The minimum Gasteiger partial charge on any atom is -0.351 e. The van der Waals surface area contributed by atoms with Gasteiger partial charge in [-0.2, -0.15) is 0 Å². The number of benzene rings is 1. The summed E-state index contributed by atoms with van der Waals surface area (Å²) in [6.45, 7) is 1.25. The Morgan fingerprint density at radius 1 is 1.33 bits per heavy atom. The van der Waals surface area contributed by atoms with Crippen LogP contribution in [0.4, 0.5) is 0 Å². The van der Waals surface area contributed by atoms with Crippen LogP contribution in [0.2, 0.25) is 0 Å². The van der Waals surface area contributed by atoms with E-state index in [0.717, 1.165) is 19.4 Å². The van der Waals surface area contributed by atoms with Crippen LogP contribution in [-0.2, 0) is 10.0 Å². The Kier molecular flexibility index (Phi) is 4.97. The van der Waals surface area contributed by atoms with Gasteiger partial charge in [0.25, 0.3) is 5.91 Å². The molecule has 1 saturated carbocycles. The quantitative estimate of drug-likeness (QED) is 0.765. The highest BCUT2D eigenvalue weighted by Gasteiger charge is 2.28. The van der Waals surface area contributed by atoms with Crippen LogP contribution in [0.1, 0.15) is 23.2 Å². The van der Waals surface area contributed by atoms with Crippen LogP contribution in [0, 0.1) is 0 Å². The maximum absolute atomic E-state index is 12.1. The maximum atomic E-state index is 12.1. The van der Waals surface area contributed by atoms with Gasteiger partial charge in [0.2, 0.25) is 10.0 Å². The van der Waals surface area contributed by atoms with Crippen molar-refractivity contribution in [3.63, 3.8) is 0 Å². The van der Waals surface area contributed by atoms with Gasteiger partial charge in [0.15, 0.2) is 0 Å². The summed E-state index contributed by atoms with van der Waals surface area (Å²) < 4.78 is 26.8. The second kappa shape index (κ2) is 6.55. The monoisotopic (exact) mass is 311 g/mol. The number of carbonyl (C=O) groups excluding carboxylic acids is 1. The van der Waals surface area contributed by atoms with Crippen molar-refractivity contribution < 1.29 is 13.2 Å². The number of hydrogen-bond acceptors (Lipinski definition) is 4. The zero-order chi connectivity index (χ0) is 15.5. The van der Waals surface area contributed by atoms with Crippen molar-refractivity contribution in [2.24, 2.45) is 0 Å². The molecule has 1 fully saturated rings. The van der Waals surface area contributed by atoms with Crippen LogP contribution in [0.15, 0.2) is 29.2 Å². The Morgan fingerprint density at radius 3 is 2.67 bits per heavy atom. The molecule has 1 aliphatic carbocycles. The Balaban J connectivity index is 2.04. The summed E-state index contributed by atoms with van der Waals surface area (Å²) >= 11 is 0. The molecule has 1 aromatic rings. The molecule has 2 rings (SSSR count). The molecule has 0 bridgehead atoms. The number of nitrogens with zero attached hydrogens (tertiary/aromatic N) is 1. The van der Waals surface area contributed by atoms with Gasteiger partial charge in [-0.05, 0) is 45.1 Å². The molecule has 0 aromatic heterocycles. The number of rotatable bonds is 7. The van der Waals surface area contributed by atoms with Crippen molar-refractivity contribution in [3.05, 3.63) is 29.8 Å². The van der Waals surface area contributed by atoms with Crippen molar-refractivity contribution in [1.82, 2.24) is 14.9 Å². The lowest BCUT2D eigenvalue weighted by Gasteiger charge is -2.11. The lowest BCUT2D eigenvalue weighted by atomic mass is 10.2. The van der Waals surface area contributed by atoms with Crippen LogP contribution in [0.25, 0.3) is 0 Å². The summed E-state index contributed by atoms with van der Waals surface area (Å²) in [5.41, 5.74) is 0.354. The van der Waals surface area contributed by atoms with E-state index in [4.69, 9.17) is 0 Å². The Hall–Kier alpha value is -1.44. The van der Waals surface area contributed by atoms with Gasteiger partial charge >= 0.3 is 0 Å². The molecular weight excluding hydrogens is 290 g/mol. The smallest absolute Gasteiger partial charge is 0.251 e. The van der Waals surface area contributed by atoms with E-state index < -0.39 is 10.0 Å². The number of hydrogen-bond donors (Lipinski definition) is 2. The van der Waals surface area contributed by atoms with Gasteiger partial charge in [-0.3, -0.25) is 4.79 Å². The van der Waals surface area contributed by atoms with Gasteiger partial charge in [0.05, 0.1) is 4.90 Å². The molecule has 6 nitrogen and oxygen atoms in total. The van der Waals surface area contributed by atoms with E-state index >= 15 is 0 Å². The summed E-state index contributed by atoms with van der Waals surface area (Å²) in [4.78, 5) is 14.1. The highest BCUT2D eigenvalue weighted by molar-refractivity contribution is 7.89. The number of likely N-dealkylation sites (N-methyl/N-ethyl adjacent to an activating group) is 1. The number of carbonyl (C=O) groups is 1. The standard InChI is InChI=1S/C14H21N3O3S/c1-17(2)9-8-15-14(18)11-4-3-5-13(10-11)21(19,20)16-12-6-7-12/h3-5,10,12,16H,6-9H2,1-2H3,(H,15,18). The van der Waals surface area contributed by atoms with Gasteiger partial charge in [0, 0.05) is 24.7 Å². The predicted molar refractivity (Wildman–Crippen MR) is 80.7 cm³/mol. The van der Waals surface area contributed by atoms with Crippen LogP contribution in [0.3, 0.4) is 0 Å². The molecule has 1 amide bonds. The molecule has 2 N–H and O–H groups in total. The van der Waals surface area contributed by atoms with Crippen molar-refractivity contribution in [3.8, 4) is 0 Å². The van der Waals surface area contributed by atoms with Crippen LogP contribution in [0.5, 0.6) is 0 Å². The molecule has 0 radical (unpaired) electrons. The highest BCUT2D eigenvalue weighted by Crippen LogP contribution is 2.22. The van der Waals surface area contributed by atoms with Crippen molar-refractivity contribution in [1.29, 1.82) is 0 Å². The van der Waals surface area contributed by atoms with Crippen LogP contribution < -0.4 is 10.0 Å². The summed E-state index contributed by atoms with van der Waals surface area (Å²) in [5, 5.41) is 2.77. The van der Waals surface area contributed by atoms with Crippen LogP contribution >= 0.6 is 0 Å². The first kappa shape index (κ1) is 15.9. The molecular formula is C14H21N3O3S. The minimum absolute atomic E-state index is 0.0487. The van der Waals surface area contributed by atoms with Crippen molar-refractivity contribution >= 4 is 15.9 Å². The van der Waals surface area contributed by atoms with E-state index in [1.807, 2.05) is 19.0 Å².